The largest absolute Gasteiger partial charge is 0.355 e. The third-order valence-corrected chi connectivity index (χ3v) is 3.28. The highest BCUT2D eigenvalue weighted by Crippen LogP contribution is 2.17. The van der Waals surface area contributed by atoms with Crippen molar-refractivity contribution in [3.8, 4) is 0 Å². The number of nitrogens with one attached hydrogen (secondary N) is 2. The number of hydrogen-bond acceptors (Lipinski definition) is 2. The SMILES string of the molecule is CCCNC(=O)C(C)NC1CCCCCC1. The molecule has 0 aromatic rings. The number of carbonyl (C=O) groups excluding carboxylic acids is 1. The van der Waals surface area contributed by atoms with Crippen LogP contribution in [-0.4, -0.2) is 24.5 Å². The van der Waals surface area contributed by atoms with Crippen LogP contribution in [0.1, 0.15) is 58.8 Å². The average Bonchev–Trinajstić information content (AvgIpc) is 2.54. The second kappa shape index (κ2) is 7.66. The minimum atomic E-state index is -0.0466. The molecule has 0 bridgehead atoms. The van der Waals surface area contributed by atoms with Crippen LogP contribution in [0, 0.1) is 0 Å². The van der Waals surface area contributed by atoms with Gasteiger partial charge < -0.3 is 10.6 Å². The van der Waals surface area contributed by atoms with Gasteiger partial charge in [0.2, 0.25) is 5.91 Å². The molecule has 1 fully saturated rings. The monoisotopic (exact) mass is 226 g/mol. The van der Waals surface area contributed by atoms with Gasteiger partial charge >= 0.3 is 0 Å². The molecule has 0 radical (unpaired) electrons. The van der Waals surface area contributed by atoms with Crippen LogP contribution < -0.4 is 10.6 Å². The van der Waals surface area contributed by atoms with Gasteiger partial charge in [0.15, 0.2) is 0 Å². The molecule has 0 spiro atoms. The molecule has 0 aromatic heterocycles. The highest BCUT2D eigenvalue weighted by molar-refractivity contribution is 5.81. The van der Waals surface area contributed by atoms with E-state index < -0.39 is 0 Å². The predicted molar refractivity (Wildman–Crippen MR) is 67.4 cm³/mol. The van der Waals surface area contributed by atoms with Crippen molar-refractivity contribution in [1.29, 1.82) is 0 Å². The van der Waals surface area contributed by atoms with E-state index in [2.05, 4.69) is 17.6 Å². The zero-order chi connectivity index (χ0) is 11.8. The van der Waals surface area contributed by atoms with E-state index in [1.54, 1.807) is 0 Å². The summed E-state index contributed by atoms with van der Waals surface area (Å²) in [5.74, 6) is 0.145. The van der Waals surface area contributed by atoms with Crippen LogP contribution in [0.5, 0.6) is 0 Å². The Bertz CT molecular complexity index is 198. The molecule has 0 aromatic carbocycles. The van der Waals surface area contributed by atoms with Crippen LogP contribution in [0.3, 0.4) is 0 Å². The van der Waals surface area contributed by atoms with Crippen molar-refractivity contribution in [2.24, 2.45) is 0 Å². The second-order valence-corrected chi connectivity index (χ2v) is 4.87. The lowest BCUT2D eigenvalue weighted by molar-refractivity contribution is -0.122. The summed E-state index contributed by atoms with van der Waals surface area (Å²) in [5.41, 5.74) is 0. The first-order valence-electron chi connectivity index (χ1n) is 6.77. The lowest BCUT2D eigenvalue weighted by Crippen LogP contribution is -2.46. The predicted octanol–water partition coefficient (Wildman–Crippen LogP) is 2.21. The Balaban J connectivity index is 2.25. The number of amides is 1. The minimum absolute atomic E-state index is 0.0466. The molecule has 1 amide bonds. The summed E-state index contributed by atoms with van der Waals surface area (Å²) in [6.45, 7) is 4.83. The first-order valence-corrected chi connectivity index (χ1v) is 6.77. The van der Waals surface area contributed by atoms with Gasteiger partial charge in [0, 0.05) is 12.6 Å². The van der Waals surface area contributed by atoms with Gasteiger partial charge in [0.1, 0.15) is 0 Å². The number of hydrogen-bond donors (Lipinski definition) is 2. The van der Waals surface area contributed by atoms with E-state index in [9.17, 15) is 4.79 Å². The minimum Gasteiger partial charge on any atom is -0.355 e. The summed E-state index contributed by atoms with van der Waals surface area (Å²) in [6, 6.07) is 0.500. The summed E-state index contributed by atoms with van der Waals surface area (Å²) in [7, 11) is 0. The molecular weight excluding hydrogens is 200 g/mol. The third kappa shape index (κ3) is 4.97. The Morgan fingerprint density at radius 3 is 2.44 bits per heavy atom. The zero-order valence-corrected chi connectivity index (χ0v) is 10.7. The van der Waals surface area contributed by atoms with E-state index in [1.807, 2.05) is 6.92 Å². The maximum Gasteiger partial charge on any atom is 0.236 e. The van der Waals surface area contributed by atoms with Crippen molar-refractivity contribution in [3.05, 3.63) is 0 Å². The number of rotatable bonds is 5. The Morgan fingerprint density at radius 2 is 1.88 bits per heavy atom. The van der Waals surface area contributed by atoms with Crippen molar-refractivity contribution in [2.75, 3.05) is 6.54 Å². The molecule has 16 heavy (non-hydrogen) atoms. The summed E-state index contributed by atoms with van der Waals surface area (Å²) < 4.78 is 0. The molecule has 1 atom stereocenters. The van der Waals surface area contributed by atoms with Gasteiger partial charge in [-0.2, -0.15) is 0 Å². The molecule has 3 nitrogen and oxygen atoms in total. The highest BCUT2D eigenvalue weighted by Gasteiger charge is 2.18. The van der Waals surface area contributed by atoms with Crippen molar-refractivity contribution in [2.45, 2.75) is 70.9 Å². The molecule has 1 saturated carbocycles. The van der Waals surface area contributed by atoms with Gasteiger partial charge in [-0.05, 0) is 26.2 Å². The Hall–Kier alpha value is -0.570. The smallest absolute Gasteiger partial charge is 0.236 e. The lowest BCUT2D eigenvalue weighted by atomic mass is 10.1. The van der Waals surface area contributed by atoms with E-state index in [1.165, 1.54) is 38.5 Å². The summed E-state index contributed by atoms with van der Waals surface area (Å²) in [6.07, 6.45) is 8.78. The maximum atomic E-state index is 11.7. The van der Waals surface area contributed by atoms with E-state index in [-0.39, 0.29) is 11.9 Å². The molecule has 0 aliphatic heterocycles. The molecule has 1 aliphatic rings. The quantitative estimate of drug-likeness (QED) is 0.706. The van der Waals surface area contributed by atoms with Crippen LogP contribution in [-0.2, 0) is 4.79 Å². The van der Waals surface area contributed by atoms with Crippen LogP contribution >= 0.6 is 0 Å². The molecular formula is C13H26N2O. The van der Waals surface area contributed by atoms with Gasteiger partial charge in [-0.15, -0.1) is 0 Å². The lowest BCUT2D eigenvalue weighted by Gasteiger charge is -2.21. The third-order valence-electron chi connectivity index (χ3n) is 3.28. The van der Waals surface area contributed by atoms with Crippen molar-refractivity contribution in [3.63, 3.8) is 0 Å². The fourth-order valence-corrected chi connectivity index (χ4v) is 2.28. The van der Waals surface area contributed by atoms with Gasteiger partial charge in [0.25, 0.3) is 0 Å². The van der Waals surface area contributed by atoms with Crippen molar-refractivity contribution < 1.29 is 4.79 Å². The van der Waals surface area contributed by atoms with E-state index in [0.29, 0.717) is 6.04 Å². The van der Waals surface area contributed by atoms with Gasteiger partial charge in [-0.1, -0.05) is 32.6 Å². The van der Waals surface area contributed by atoms with E-state index >= 15 is 0 Å². The van der Waals surface area contributed by atoms with Gasteiger partial charge in [-0.3, -0.25) is 4.79 Å². The first-order chi connectivity index (χ1) is 7.74. The zero-order valence-electron chi connectivity index (χ0n) is 10.7. The van der Waals surface area contributed by atoms with E-state index in [0.717, 1.165) is 13.0 Å². The molecule has 2 N–H and O–H groups in total. The van der Waals surface area contributed by atoms with Crippen molar-refractivity contribution >= 4 is 5.91 Å². The molecule has 0 heterocycles. The summed E-state index contributed by atoms with van der Waals surface area (Å²) in [4.78, 5) is 11.7. The standard InChI is InChI=1S/C13H26N2O/c1-3-10-14-13(16)11(2)15-12-8-6-4-5-7-9-12/h11-12,15H,3-10H2,1-2H3,(H,14,16). The Labute approximate surface area is 99.4 Å². The Kier molecular flexibility index (Phi) is 6.46. The summed E-state index contributed by atoms with van der Waals surface area (Å²) in [5, 5.41) is 6.39. The molecule has 3 heteroatoms. The molecule has 1 rings (SSSR count). The number of carbonyl (C=O) groups is 1. The fraction of sp³-hybridized carbons (Fsp3) is 0.923. The normalized spacial score (nSPS) is 20.1. The molecule has 1 aliphatic carbocycles. The second-order valence-electron chi connectivity index (χ2n) is 4.87. The van der Waals surface area contributed by atoms with E-state index in [4.69, 9.17) is 0 Å². The maximum absolute atomic E-state index is 11.7. The van der Waals surface area contributed by atoms with Crippen LogP contribution in [0.15, 0.2) is 0 Å². The van der Waals surface area contributed by atoms with Crippen LogP contribution in [0.2, 0.25) is 0 Å². The molecule has 0 saturated heterocycles. The van der Waals surface area contributed by atoms with Crippen molar-refractivity contribution in [1.82, 2.24) is 10.6 Å². The fourth-order valence-electron chi connectivity index (χ4n) is 2.28. The van der Waals surface area contributed by atoms with Gasteiger partial charge in [0.05, 0.1) is 6.04 Å². The molecule has 1 unspecified atom stereocenters. The average molecular weight is 226 g/mol. The topological polar surface area (TPSA) is 41.1 Å². The van der Waals surface area contributed by atoms with Gasteiger partial charge in [-0.25, -0.2) is 0 Å². The molecule has 94 valence electrons. The summed E-state index contributed by atoms with van der Waals surface area (Å²) >= 11 is 0. The van der Waals surface area contributed by atoms with Crippen LogP contribution in [0.25, 0.3) is 0 Å². The highest BCUT2D eigenvalue weighted by atomic mass is 16.2. The Morgan fingerprint density at radius 1 is 1.25 bits per heavy atom. The first kappa shape index (κ1) is 13.5. The van der Waals surface area contributed by atoms with Crippen LogP contribution in [0.4, 0.5) is 0 Å².